The zero-order valence-corrected chi connectivity index (χ0v) is 24.2. The third-order valence-corrected chi connectivity index (χ3v) is 7.62. The van der Waals surface area contributed by atoms with Gasteiger partial charge in [0.1, 0.15) is 12.4 Å². The summed E-state index contributed by atoms with van der Waals surface area (Å²) in [5.74, 6) is 0.620. The van der Waals surface area contributed by atoms with Crippen LogP contribution >= 0.6 is 15.9 Å². The molecule has 3 aromatic carbocycles. The van der Waals surface area contributed by atoms with Gasteiger partial charge in [0.05, 0.1) is 34.1 Å². The van der Waals surface area contributed by atoms with Crippen LogP contribution in [-0.2, 0) is 6.61 Å². The Morgan fingerprint density at radius 3 is 2.45 bits per heavy atom. The lowest BCUT2D eigenvalue weighted by Crippen LogP contribution is -2.25. The topological polar surface area (TPSA) is 152 Å². The lowest BCUT2D eigenvalue weighted by Gasteiger charge is -2.22. The van der Waals surface area contributed by atoms with Gasteiger partial charge < -0.3 is 9.47 Å². The molecular formula is C29H26BrN5O7. The summed E-state index contributed by atoms with van der Waals surface area (Å²) in [5, 5.41) is 27.8. The second-order valence-electron chi connectivity index (χ2n) is 9.87. The van der Waals surface area contributed by atoms with Crippen molar-refractivity contribution in [3.63, 3.8) is 0 Å². The number of nitrogens with zero attached hydrogens (tertiary/aromatic N) is 5. The summed E-state index contributed by atoms with van der Waals surface area (Å²) in [7, 11) is 1.36. The molecule has 1 aromatic heterocycles. The summed E-state index contributed by atoms with van der Waals surface area (Å²) >= 11 is 3.41. The van der Waals surface area contributed by atoms with Crippen molar-refractivity contribution < 1.29 is 19.3 Å². The first-order chi connectivity index (χ1) is 20.2. The molecule has 216 valence electrons. The lowest BCUT2D eigenvalue weighted by molar-refractivity contribution is -0.386. The van der Waals surface area contributed by atoms with Gasteiger partial charge >= 0.3 is 5.69 Å². The average Bonchev–Trinajstić information content (AvgIpc) is 3.00. The second-order valence-corrected chi connectivity index (χ2v) is 10.8. The zero-order chi connectivity index (χ0) is 29.8. The summed E-state index contributed by atoms with van der Waals surface area (Å²) in [6.45, 7) is -0.0823. The highest BCUT2D eigenvalue weighted by atomic mass is 79.9. The van der Waals surface area contributed by atoms with Gasteiger partial charge in [-0.05, 0) is 54.8 Å². The van der Waals surface area contributed by atoms with Crippen LogP contribution in [0.15, 0.2) is 69.0 Å². The Balaban J connectivity index is 1.51. The van der Waals surface area contributed by atoms with Crippen molar-refractivity contribution in [2.45, 2.75) is 44.6 Å². The van der Waals surface area contributed by atoms with Crippen LogP contribution in [-0.4, -0.2) is 32.8 Å². The van der Waals surface area contributed by atoms with Crippen molar-refractivity contribution >= 4 is 44.4 Å². The van der Waals surface area contributed by atoms with E-state index in [0.717, 1.165) is 36.6 Å². The molecule has 1 fully saturated rings. The molecule has 13 heteroatoms. The molecule has 0 amide bonds. The standard InChI is InChI=1S/C29H26BrN5O7/c1-41-26-14-19(13-25(35(39)40)27(26)42-17-18-7-10-22(11-8-18)34(37)38)16-31-33-28(20-5-3-2-4-6-20)32-24-12-9-21(30)15-23(24)29(33)36/h7-16,20H,2-6,17H2,1H3. The fourth-order valence-electron chi connectivity index (χ4n) is 5.01. The predicted octanol–water partition coefficient (Wildman–Crippen LogP) is 6.49. The van der Waals surface area contributed by atoms with E-state index in [4.69, 9.17) is 14.5 Å². The molecule has 42 heavy (non-hydrogen) atoms. The first kappa shape index (κ1) is 28.9. The van der Waals surface area contributed by atoms with E-state index in [2.05, 4.69) is 21.0 Å². The van der Waals surface area contributed by atoms with Gasteiger partial charge in [0, 0.05) is 34.2 Å². The molecule has 1 heterocycles. The van der Waals surface area contributed by atoms with Gasteiger partial charge in [-0.1, -0.05) is 35.2 Å². The number of nitro benzene ring substituents is 2. The molecule has 0 radical (unpaired) electrons. The fraction of sp³-hybridized carbons (Fsp3) is 0.276. The predicted molar refractivity (Wildman–Crippen MR) is 160 cm³/mol. The third kappa shape index (κ3) is 6.15. The monoisotopic (exact) mass is 635 g/mol. The summed E-state index contributed by atoms with van der Waals surface area (Å²) in [6, 6.07) is 13.8. The van der Waals surface area contributed by atoms with E-state index in [9.17, 15) is 25.0 Å². The molecule has 5 rings (SSSR count). The van der Waals surface area contributed by atoms with E-state index in [0.29, 0.717) is 27.9 Å². The van der Waals surface area contributed by atoms with Crippen LogP contribution in [0.5, 0.6) is 11.5 Å². The second kappa shape index (κ2) is 12.5. The molecule has 0 atom stereocenters. The molecule has 4 aromatic rings. The third-order valence-electron chi connectivity index (χ3n) is 7.13. The number of hydrogen-bond acceptors (Lipinski definition) is 9. The van der Waals surface area contributed by atoms with Crippen LogP contribution in [0.25, 0.3) is 10.9 Å². The minimum Gasteiger partial charge on any atom is -0.493 e. The minimum absolute atomic E-state index is 0.0655. The van der Waals surface area contributed by atoms with Crippen molar-refractivity contribution in [2.75, 3.05) is 7.11 Å². The highest BCUT2D eigenvalue weighted by Crippen LogP contribution is 2.39. The Kier molecular flexibility index (Phi) is 8.57. The quantitative estimate of drug-likeness (QED) is 0.115. The number of hydrogen-bond donors (Lipinski definition) is 0. The molecule has 1 aliphatic carbocycles. The van der Waals surface area contributed by atoms with Crippen LogP contribution in [0.1, 0.15) is 55.0 Å². The van der Waals surface area contributed by atoms with Gasteiger partial charge in [-0.15, -0.1) is 0 Å². The van der Waals surface area contributed by atoms with Crippen molar-refractivity contribution in [3.05, 3.63) is 107 Å². The average molecular weight is 636 g/mol. The summed E-state index contributed by atoms with van der Waals surface area (Å²) in [4.78, 5) is 40.2. The maximum absolute atomic E-state index is 13.6. The molecule has 1 saturated carbocycles. The SMILES string of the molecule is COc1cc(C=Nn2c(C3CCCCC3)nc3ccc(Br)cc3c2=O)cc([N+](=O)[O-])c1OCc1ccc([N+](=O)[O-])cc1. The number of benzene rings is 3. The Hall–Kier alpha value is -4.65. The van der Waals surface area contributed by atoms with Crippen LogP contribution < -0.4 is 15.0 Å². The van der Waals surface area contributed by atoms with E-state index in [1.165, 1.54) is 54.4 Å². The number of halogens is 1. The largest absolute Gasteiger partial charge is 0.493 e. The van der Waals surface area contributed by atoms with E-state index in [1.807, 2.05) is 6.07 Å². The Labute approximate surface area is 248 Å². The van der Waals surface area contributed by atoms with Crippen molar-refractivity contribution in [2.24, 2.45) is 5.10 Å². The van der Waals surface area contributed by atoms with Crippen LogP contribution in [0.4, 0.5) is 11.4 Å². The van der Waals surface area contributed by atoms with E-state index >= 15 is 0 Å². The first-order valence-corrected chi connectivity index (χ1v) is 14.0. The normalized spacial score (nSPS) is 13.9. The maximum Gasteiger partial charge on any atom is 0.315 e. The lowest BCUT2D eigenvalue weighted by atomic mass is 9.88. The van der Waals surface area contributed by atoms with Crippen molar-refractivity contribution in [1.29, 1.82) is 0 Å². The number of rotatable bonds is 9. The molecule has 0 bridgehead atoms. The highest BCUT2D eigenvalue weighted by molar-refractivity contribution is 9.10. The maximum atomic E-state index is 13.6. The number of aromatic nitrogens is 2. The van der Waals surface area contributed by atoms with Gasteiger partial charge in [0.2, 0.25) is 5.75 Å². The van der Waals surface area contributed by atoms with Crippen molar-refractivity contribution in [1.82, 2.24) is 9.66 Å². The smallest absolute Gasteiger partial charge is 0.315 e. The van der Waals surface area contributed by atoms with Gasteiger partial charge in [0.15, 0.2) is 5.75 Å². The molecule has 0 N–H and O–H groups in total. The van der Waals surface area contributed by atoms with Gasteiger partial charge in [-0.3, -0.25) is 25.0 Å². The van der Waals surface area contributed by atoms with Gasteiger partial charge in [-0.2, -0.15) is 9.78 Å². The Morgan fingerprint density at radius 2 is 1.79 bits per heavy atom. The van der Waals surface area contributed by atoms with Crippen LogP contribution in [0.3, 0.4) is 0 Å². The fourth-order valence-corrected chi connectivity index (χ4v) is 5.37. The zero-order valence-electron chi connectivity index (χ0n) is 22.6. The molecule has 12 nitrogen and oxygen atoms in total. The van der Waals surface area contributed by atoms with Crippen LogP contribution in [0, 0.1) is 20.2 Å². The number of non-ortho nitro benzene ring substituents is 1. The minimum atomic E-state index is -0.597. The molecule has 0 spiro atoms. The van der Waals surface area contributed by atoms with Crippen LogP contribution in [0.2, 0.25) is 0 Å². The van der Waals surface area contributed by atoms with Crippen molar-refractivity contribution in [3.8, 4) is 11.5 Å². The van der Waals surface area contributed by atoms with E-state index in [-0.39, 0.29) is 41.0 Å². The number of ether oxygens (including phenoxy) is 2. The number of fused-ring (bicyclic) bond motifs is 1. The number of nitro groups is 2. The molecule has 0 aliphatic heterocycles. The molecule has 1 aliphatic rings. The van der Waals surface area contributed by atoms with E-state index < -0.39 is 9.85 Å². The van der Waals surface area contributed by atoms with E-state index in [1.54, 1.807) is 12.1 Å². The summed E-state index contributed by atoms with van der Waals surface area (Å²) < 4.78 is 13.2. The highest BCUT2D eigenvalue weighted by Gasteiger charge is 2.24. The van der Waals surface area contributed by atoms with Gasteiger partial charge in [0.25, 0.3) is 11.2 Å². The number of methoxy groups -OCH3 is 1. The first-order valence-electron chi connectivity index (χ1n) is 13.2. The summed E-state index contributed by atoms with van der Waals surface area (Å²) in [6.07, 6.45) is 6.36. The Bertz CT molecular complexity index is 1750. The van der Waals surface area contributed by atoms with Gasteiger partial charge in [-0.25, -0.2) is 4.98 Å². The molecular weight excluding hydrogens is 610 g/mol. The Morgan fingerprint density at radius 1 is 1.05 bits per heavy atom. The molecule has 0 unspecified atom stereocenters. The summed E-state index contributed by atoms with van der Waals surface area (Å²) in [5.41, 5.74) is 0.707. The molecule has 0 saturated heterocycles.